The minimum Gasteiger partial charge on any atom is -0.477 e. The summed E-state index contributed by atoms with van der Waals surface area (Å²) in [4.78, 5) is 18.2. The van der Waals surface area contributed by atoms with E-state index < -0.39 is 29.3 Å². The first-order chi connectivity index (χ1) is 17.0. The number of hydrogen-bond acceptors (Lipinski definition) is 6. The van der Waals surface area contributed by atoms with Gasteiger partial charge in [-0.25, -0.2) is 14.8 Å². The monoisotopic (exact) mass is 513 g/mol. The van der Waals surface area contributed by atoms with Crippen LogP contribution in [0, 0.1) is 0 Å². The Morgan fingerprint density at radius 3 is 2.28 bits per heavy atom. The third-order valence-electron chi connectivity index (χ3n) is 5.75. The molecule has 202 valence electrons. The van der Waals surface area contributed by atoms with Crippen molar-refractivity contribution in [3.8, 4) is 5.88 Å². The SMILES string of the molecule is CCCCCCCCCCNC(C)(C)c1ncco1.O=C(O)c1ccc(C(F)(F)F)c(OC2CC2)n1. The van der Waals surface area contributed by atoms with Gasteiger partial charge in [0.05, 0.1) is 11.7 Å². The molecule has 2 heterocycles. The molecule has 0 radical (unpaired) electrons. The van der Waals surface area contributed by atoms with Crippen molar-refractivity contribution in [3.05, 3.63) is 41.7 Å². The molecule has 0 aliphatic heterocycles. The van der Waals surface area contributed by atoms with Gasteiger partial charge in [0.25, 0.3) is 0 Å². The maximum Gasteiger partial charge on any atom is 0.421 e. The van der Waals surface area contributed by atoms with Crippen molar-refractivity contribution in [1.82, 2.24) is 15.3 Å². The van der Waals surface area contributed by atoms with E-state index in [1.165, 1.54) is 51.4 Å². The summed E-state index contributed by atoms with van der Waals surface area (Å²) in [6, 6.07) is 1.49. The Hall–Kier alpha value is -2.62. The molecule has 0 unspecified atom stereocenters. The Kier molecular flexibility index (Phi) is 11.7. The van der Waals surface area contributed by atoms with Gasteiger partial charge >= 0.3 is 12.1 Å². The predicted molar refractivity (Wildman–Crippen MR) is 130 cm³/mol. The summed E-state index contributed by atoms with van der Waals surface area (Å²) in [5, 5.41) is 12.2. The average molecular weight is 514 g/mol. The fourth-order valence-electron chi connectivity index (χ4n) is 3.48. The zero-order valence-electron chi connectivity index (χ0n) is 21.4. The third kappa shape index (κ3) is 10.6. The fraction of sp³-hybridized carbons (Fsp3) is 0.654. The lowest BCUT2D eigenvalue weighted by atomic mass is 10.0. The first-order valence-corrected chi connectivity index (χ1v) is 12.7. The van der Waals surface area contributed by atoms with Crippen LogP contribution >= 0.6 is 0 Å². The van der Waals surface area contributed by atoms with Crippen LogP contribution in [-0.2, 0) is 11.7 Å². The second kappa shape index (κ2) is 14.2. The van der Waals surface area contributed by atoms with E-state index in [0.717, 1.165) is 18.5 Å². The molecule has 2 aromatic heterocycles. The molecule has 0 aromatic carbocycles. The number of halogens is 3. The highest BCUT2D eigenvalue weighted by atomic mass is 19.4. The van der Waals surface area contributed by atoms with E-state index in [1.54, 1.807) is 12.5 Å². The largest absolute Gasteiger partial charge is 0.477 e. The molecule has 0 saturated heterocycles. The highest BCUT2D eigenvalue weighted by molar-refractivity contribution is 5.85. The number of carbonyl (C=O) groups is 1. The summed E-state index contributed by atoms with van der Waals surface area (Å²) >= 11 is 0. The highest BCUT2D eigenvalue weighted by Crippen LogP contribution is 2.37. The minimum atomic E-state index is -4.60. The number of carboxylic acid groups (broad SMARTS) is 1. The Morgan fingerprint density at radius 2 is 1.75 bits per heavy atom. The quantitative estimate of drug-likeness (QED) is 0.263. The molecule has 0 amide bonds. The van der Waals surface area contributed by atoms with Crippen molar-refractivity contribution >= 4 is 5.97 Å². The van der Waals surface area contributed by atoms with E-state index in [4.69, 9.17) is 14.3 Å². The van der Waals surface area contributed by atoms with E-state index in [1.807, 2.05) is 0 Å². The summed E-state index contributed by atoms with van der Waals surface area (Å²) in [6.45, 7) is 7.53. The number of nitrogens with one attached hydrogen (secondary N) is 1. The van der Waals surface area contributed by atoms with E-state index >= 15 is 0 Å². The Morgan fingerprint density at radius 1 is 1.11 bits per heavy atom. The van der Waals surface area contributed by atoms with Crippen molar-refractivity contribution in [2.45, 2.75) is 103 Å². The van der Waals surface area contributed by atoms with Gasteiger partial charge in [-0.1, -0.05) is 51.9 Å². The first kappa shape index (κ1) is 29.6. The zero-order valence-corrected chi connectivity index (χ0v) is 21.4. The summed E-state index contributed by atoms with van der Waals surface area (Å²) in [6.07, 6.45) is 10.6. The van der Waals surface area contributed by atoms with Gasteiger partial charge < -0.3 is 19.6 Å². The first-order valence-electron chi connectivity index (χ1n) is 12.7. The van der Waals surface area contributed by atoms with Crippen LogP contribution in [0.2, 0.25) is 0 Å². The molecular formula is C26H38F3N3O4. The zero-order chi connectivity index (χ0) is 26.6. The number of carboxylic acids is 1. The number of hydrogen-bond donors (Lipinski definition) is 2. The van der Waals surface area contributed by atoms with E-state index in [-0.39, 0.29) is 11.6 Å². The molecule has 36 heavy (non-hydrogen) atoms. The molecule has 2 aromatic rings. The Bertz CT molecular complexity index is 914. The molecule has 0 spiro atoms. The predicted octanol–water partition coefficient (Wildman–Crippen LogP) is 6.98. The molecule has 1 aliphatic rings. The molecule has 2 N–H and O–H groups in total. The van der Waals surface area contributed by atoms with Crippen molar-refractivity contribution in [3.63, 3.8) is 0 Å². The fourth-order valence-corrected chi connectivity index (χ4v) is 3.48. The van der Waals surface area contributed by atoms with Gasteiger partial charge in [0.2, 0.25) is 11.8 Å². The second-order valence-electron chi connectivity index (χ2n) is 9.53. The highest BCUT2D eigenvalue weighted by Gasteiger charge is 2.37. The van der Waals surface area contributed by atoms with Crippen molar-refractivity contribution < 1.29 is 32.2 Å². The van der Waals surface area contributed by atoms with E-state index in [0.29, 0.717) is 18.9 Å². The molecule has 1 fully saturated rings. The van der Waals surface area contributed by atoms with Gasteiger partial charge in [0.15, 0.2) is 5.69 Å². The normalized spacial score (nSPS) is 13.7. The van der Waals surface area contributed by atoms with Gasteiger partial charge in [-0.05, 0) is 51.8 Å². The van der Waals surface area contributed by atoms with Crippen LogP contribution < -0.4 is 10.1 Å². The van der Waals surface area contributed by atoms with Crippen LogP contribution in [0.3, 0.4) is 0 Å². The van der Waals surface area contributed by atoms with E-state index in [2.05, 4.69) is 36.1 Å². The van der Waals surface area contributed by atoms with Gasteiger partial charge in [-0.3, -0.25) is 0 Å². The molecule has 1 aliphatic carbocycles. The lowest BCUT2D eigenvalue weighted by Gasteiger charge is -2.22. The third-order valence-corrected chi connectivity index (χ3v) is 5.75. The number of aromatic carboxylic acids is 1. The number of alkyl halides is 3. The van der Waals surface area contributed by atoms with Gasteiger partial charge in [0.1, 0.15) is 17.9 Å². The standard InChI is InChI=1S/C16H30N2O.C10H8F3NO3/c1-4-5-6-7-8-9-10-11-12-18-16(2,3)15-17-13-14-19-15;11-10(12,13)6-3-4-7(9(15)16)14-8(6)17-5-1-2-5/h13-14,18H,4-12H2,1-3H3;3-5H,1-2H2,(H,15,16). The molecule has 0 bridgehead atoms. The Balaban J connectivity index is 0.000000255. The number of oxazole rings is 1. The molecule has 7 nitrogen and oxygen atoms in total. The molecule has 1 saturated carbocycles. The van der Waals surface area contributed by atoms with Crippen LogP contribution in [0.25, 0.3) is 0 Å². The lowest BCUT2D eigenvalue weighted by molar-refractivity contribution is -0.139. The van der Waals surface area contributed by atoms with Crippen molar-refractivity contribution in [2.24, 2.45) is 0 Å². The number of unbranched alkanes of at least 4 members (excludes halogenated alkanes) is 7. The molecule has 3 rings (SSSR count). The molecular weight excluding hydrogens is 475 g/mol. The maximum absolute atomic E-state index is 12.6. The topological polar surface area (TPSA) is 97.5 Å². The van der Waals surface area contributed by atoms with Crippen LogP contribution in [0.5, 0.6) is 5.88 Å². The van der Waals surface area contributed by atoms with Crippen LogP contribution in [-0.4, -0.2) is 33.7 Å². The number of aromatic nitrogens is 2. The number of nitrogens with zero attached hydrogens (tertiary/aromatic N) is 2. The summed E-state index contributed by atoms with van der Waals surface area (Å²) in [5.41, 5.74) is -1.67. The van der Waals surface area contributed by atoms with Gasteiger partial charge in [-0.15, -0.1) is 0 Å². The molecule has 0 atom stereocenters. The number of rotatable bonds is 14. The minimum absolute atomic E-state index is 0.162. The van der Waals surface area contributed by atoms with Crippen LogP contribution in [0.4, 0.5) is 13.2 Å². The van der Waals surface area contributed by atoms with Crippen molar-refractivity contribution in [2.75, 3.05) is 6.54 Å². The van der Waals surface area contributed by atoms with E-state index in [9.17, 15) is 18.0 Å². The average Bonchev–Trinajstić information content (AvgIpc) is 3.44. The summed E-state index contributed by atoms with van der Waals surface area (Å²) < 4.78 is 48.1. The summed E-state index contributed by atoms with van der Waals surface area (Å²) in [5.74, 6) is -1.27. The van der Waals surface area contributed by atoms with Gasteiger partial charge in [-0.2, -0.15) is 13.2 Å². The number of ether oxygens (including phenoxy) is 1. The second-order valence-corrected chi connectivity index (χ2v) is 9.53. The Labute approximate surface area is 210 Å². The summed E-state index contributed by atoms with van der Waals surface area (Å²) in [7, 11) is 0. The maximum atomic E-state index is 12.6. The van der Waals surface area contributed by atoms with Crippen molar-refractivity contribution in [1.29, 1.82) is 0 Å². The number of pyridine rings is 1. The van der Waals surface area contributed by atoms with Crippen LogP contribution in [0.1, 0.15) is 107 Å². The smallest absolute Gasteiger partial charge is 0.421 e. The lowest BCUT2D eigenvalue weighted by Crippen LogP contribution is -2.37. The van der Waals surface area contributed by atoms with Crippen LogP contribution in [0.15, 0.2) is 29.0 Å². The van der Waals surface area contributed by atoms with Gasteiger partial charge in [0, 0.05) is 0 Å². The molecule has 10 heteroatoms.